The molecule has 0 saturated carbocycles. The van der Waals surface area contributed by atoms with Gasteiger partial charge in [0.25, 0.3) is 0 Å². The van der Waals surface area contributed by atoms with Gasteiger partial charge in [-0.15, -0.1) is 10.2 Å². The predicted molar refractivity (Wildman–Crippen MR) is 120 cm³/mol. The van der Waals surface area contributed by atoms with Crippen molar-refractivity contribution in [1.82, 2.24) is 35.2 Å². The summed E-state index contributed by atoms with van der Waals surface area (Å²) in [5.41, 5.74) is 5.72. The standard InChI is InChI=1S/C23H19N9/c1-3-16-12-21(32-23(26-16)15(13-24)14-25-32)31(2)20-11-7-6-9-18(20)17-8-4-5-10-19(17)22-27-29-30-28-22/h4-12,14H,3H2,1-2H3,(H,27,28,29,30). The first kappa shape index (κ1) is 19.4. The minimum Gasteiger partial charge on any atom is -0.329 e. The van der Waals surface area contributed by atoms with Crippen LogP contribution in [-0.4, -0.2) is 42.3 Å². The molecule has 0 aliphatic carbocycles. The number of H-pyrrole nitrogens is 1. The van der Waals surface area contributed by atoms with Gasteiger partial charge < -0.3 is 4.90 Å². The summed E-state index contributed by atoms with van der Waals surface area (Å²) in [4.78, 5) is 6.67. The Bertz CT molecular complexity index is 1440. The van der Waals surface area contributed by atoms with Gasteiger partial charge in [0.05, 0.1) is 6.20 Å². The van der Waals surface area contributed by atoms with Crippen LogP contribution in [0.2, 0.25) is 0 Å². The number of anilines is 2. The van der Waals surface area contributed by atoms with Gasteiger partial charge in [-0.3, -0.25) is 0 Å². The number of para-hydroxylation sites is 1. The molecule has 0 spiro atoms. The molecule has 0 saturated heterocycles. The molecule has 9 nitrogen and oxygen atoms in total. The van der Waals surface area contributed by atoms with E-state index in [0.29, 0.717) is 17.0 Å². The fraction of sp³-hybridized carbons (Fsp3) is 0.130. The number of tetrazole rings is 1. The van der Waals surface area contributed by atoms with Crippen LogP contribution in [-0.2, 0) is 6.42 Å². The average molecular weight is 421 g/mol. The van der Waals surface area contributed by atoms with Crippen LogP contribution < -0.4 is 4.90 Å². The lowest BCUT2D eigenvalue weighted by atomic mass is 9.97. The third-order valence-corrected chi connectivity index (χ3v) is 5.40. The molecule has 0 atom stereocenters. The van der Waals surface area contributed by atoms with Crippen molar-refractivity contribution in [2.45, 2.75) is 13.3 Å². The van der Waals surface area contributed by atoms with Crippen LogP contribution in [0, 0.1) is 11.3 Å². The molecule has 0 aliphatic rings. The minimum absolute atomic E-state index is 0.450. The molecule has 3 aromatic heterocycles. The molecule has 2 aromatic carbocycles. The van der Waals surface area contributed by atoms with E-state index in [9.17, 15) is 5.26 Å². The van der Waals surface area contributed by atoms with Crippen LogP contribution in [0.4, 0.5) is 11.5 Å². The summed E-state index contributed by atoms with van der Waals surface area (Å²) in [5, 5.41) is 28.5. The van der Waals surface area contributed by atoms with Crippen molar-refractivity contribution in [1.29, 1.82) is 5.26 Å². The van der Waals surface area contributed by atoms with Gasteiger partial charge in [0.1, 0.15) is 17.5 Å². The number of rotatable bonds is 5. The second-order valence-corrected chi connectivity index (χ2v) is 7.22. The predicted octanol–water partition coefficient (Wildman–Crippen LogP) is 3.78. The fourth-order valence-corrected chi connectivity index (χ4v) is 3.80. The van der Waals surface area contributed by atoms with Crippen LogP contribution in [0.25, 0.3) is 28.2 Å². The summed E-state index contributed by atoms with van der Waals surface area (Å²) in [7, 11) is 1.98. The summed E-state index contributed by atoms with van der Waals surface area (Å²) >= 11 is 0. The molecular weight excluding hydrogens is 402 g/mol. The first-order valence-electron chi connectivity index (χ1n) is 10.1. The van der Waals surface area contributed by atoms with Crippen molar-refractivity contribution in [3.8, 4) is 28.6 Å². The Kier molecular flexibility index (Phi) is 4.80. The highest BCUT2D eigenvalue weighted by Crippen LogP contribution is 2.38. The molecule has 9 heteroatoms. The highest BCUT2D eigenvalue weighted by atomic mass is 15.5. The van der Waals surface area contributed by atoms with Crippen molar-refractivity contribution in [3.63, 3.8) is 0 Å². The zero-order valence-corrected chi connectivity index (χ0v) is 17.6. The molecule has 0 aliphatic heterocycles. The van der Waals surface area contributed by atoms with E-state index in [4.69, 9.17) is 0 Å². The molecule has 0 fully saturated rings. The van der Waals surface area contributed by atoms with E-state index in [1.165, 1.54) is 0 Å². The zero-order chi connectivity index (χ0) is 22.1. The molecule has 156 valence electrons. The number of aromatic amines is 1. The van der Waals surface area contributed by atoms with Crippen LogP contribution in [0.15, 0.2) is 60.8 Å². The number of hydrogen-bond donors (Lipinski definition) is 1. The summed E-state index contributed by atoms with van der Waals surface area (Å²) in [6, 6.07) is 20.3. The van der Waals surface area contributed by atoms with Gasteiger partial charge in [-0.2, -0.15) is 20.1 Å². The number of nitrogens with one attached hydrogen (secondary N) is 1. The lowest BCUT2D eigenvalue weighted by molar-refractivity contribution is 0.881. The maximum atomic E-state index is 9.47. The van der Waals surface area contributed by atoms with Gasteiger partial charge in [-0.05, 0) is 23.3 Å². The second-order valence-electron chi connectivity index (χ2n) is 7.22. The van der Waals surface area contributed by atoms with E-state index in [-0.39, 0.29) is 0 Å². The Labute approximate surface area is 184 Å². The maximum Gasteiger partial charge on any atom is 0.205 e. The quantitative estimate of drug-likeness (QED) is 0.460. The number of fused-ring (bicyclic) bond motifs is 1. The molecule has 3 heterocycles. The third kappa shape index (κ3) is 3.15. The second kappa shape index (κ2) is 7.92. The van der Waals surface area contributed by atoms with Gasteiger partial charge in [-0.25, -0.2) is 4.98 Å². The van der Waals surface area contributed by atoms with Gasteiger partial charge in [0.15, 0.2) is 5.65 Å². The van der Waals surface area contributed by atoms with Crippen molar-refractivity contribution >= 4 is 17.2 Å². The molecule has 5 aromatic rings. The number of hydrogen-bond acceptors (Lipinski definition) is 7. The average Bonchev–Trinajstić information content (AvgIpc) is 3.53. The van der Waals surface area contributed by atoms with Crippen LogP contribution in [0.1, 0.15) is 18.2 Å². The first-order chi connectivity index (χ1) is 15.7. The van der Waals surface area contributed by atoms with Gasteiger partial charge >= 0.3 is 0 Å². The van der Waals surface area contributed by atoms with Crippen molar-refractivity contribution in [3.05, 3.63) is 72.1 Å². The Hall–Kier alpha value is -4.58. The van der Waals surface area contributed by atoms with E-state index in [2.05, 4.69) is 53.8 Å². The minimum atomic E-state index is 0.450. The van der Waals surface area contributed by atoms with Gasteiger partial charge in [0.2, 0.25) is 5.82 Å². The molecule has 0 amide bonds. The number of nitrogens with zero attached hydrogens (tertiary/aromatic N) is 8. The zero-order valence-electron chi connectivity index (χ0n) is 17.6. The van der Waals surface area contributed by atoms with Crippen LogP contribution in [0.5, 0.6) is 0 Å². The number of aryl methyl sites for hydroxylation is 1. The van der Waals surface area contributed by atoms with Crippen molar-refractivity contribution < 1.29 is 0 Å². The lowest BCUT2D eigenvalue weighted by Gasteiger charge is -2.24. The van der Waals surface area contributed by atoms with Crippen LogP contribution in [0.3, 0.4) is 0 Å². The van der Waals surface area contributed by atoms with E-state index in [1.807, 2.05) is 56.4 Å². The molecule has 5 rings (SSSR count). The monoisotopic (exact) mass is 421 g/mol. The Balaban J connectivity index is 1.70. The van der Waals surface area contributed by atoms with Crippen LogP contribution >= 0.6 is 0 Å². The molecule has 0 radical (unpaired) electrons. The third-order valence-electron chi connectivity index (χ3n) is 5.40. The van der Waals surface area contributed by atoms with Gasteiger partial charge in [-0.1, -0.05) is 49.4 Å². The number of benzene rings is 2. The van der Waals surface area contributed by atoms with E-state index in [0.717, 1.165) is 40.3 Å². The molecule has 32 heavy (non-hydrogen) atoms. The topological polar surface area (TPSA) is 112 Å². The van der Waals surface area contributed by atoms with E-state index >= 15 is 0 Å². The number of aromatic nitrogens is 7. The molecule has 0 bridgehead atoms. The highest BCUT2D eigenvalue weighted by Gasteiger charge is 2.19. The molecule has 0 unspecified atom stereocenters. The van der Waals surface area contributed by atoms with E-state index in [1.54, 1.807) is 10.7 Å². The number of nitriles is 1. The summed E-state index contributed by atoms with van der Waals surface area (Å²) in [6.45, 7) is 2.04. The first-order valence-corrected chi connectivity index (χ1v) is 10.1. The van der Waals surface area contributed by atoms with E-state index < -0.39 is 0 Å². The normalized spacial score (nSPS) is 10.9. The lowest BCUT2D eigenvalue weighted by Crippen LogP contribution is -2.16. The Morgan fingerprint density at radius 1 is 1.06 bits per heavy atom. The maximum absolute atomic E-state index is 9.47. The summed E-state index contributed by atoms with van der Waals surface area (Å²) < 4.78 is 1.71. The summed E-state index contributed by atoms with van der Waals surface area (Å²) in [6.07, 6.45) is 2.30. The highest BCUT2D eigenvalue weighted by molar-refractivity contribution is 5.89. The fourth-order valence-electron chi connectivity index (χ4n) is 3.80. The van der Waals surface area contributed by atoms with Crippen molar-refractivity contribution in [2.24, 2.45) is 0 Å². The smallest absolute Gasteiger partial charge is 0.205 e. The van der Waals surface area contributed by atoms with Gasteiger partial charge in [0, 0.05) is 35.6 Å². The van der Waals surface area contributed by atoms with Crippen molar-refractivity contribution in [2.75, 3.05) is 11.9 Å². The SMILES string of the molecule is CCc1cc(N(C)c2ccccc2-c2ccccc2-c2nn[nH]n2)n2ncc(C#N)c2n1. The Morgan fingerprint density at radius 3 is 2.53 bits per heavy atom. The molecule has 1 N–H and O–H groups in total. The summed E-state index contributed by atoms with van der Waals surface area (Å²) in [5.74, 6) is 1.35. The molecular formula is C23H19N9. The largest absolute Gasteiger partial charge is 0.329 e. The Morgan fingerprint density at radius 2 is 1.81 bits per heavy atom.